The quantitative estimate of drug-likeness (QED) is 0.853. The summed E-state index contributed by atoms with van der Waals surface area (Å²) in [5, 5.41) is 4.04. The second kappa shape index (κ2) is 5.50. The number of hydrogen-bond donors (Lipinski definition) is 0. The summed E-state index contributed by atoms with van der Waals surface area (Å²) in [5.74, 6) is 2.72. The third kappa shape index (κ3) is 2.34. The van der Waals surface area contributed by atoms with Crippen molar-refractivity contribution in [3.8, 4) is 23.0 Å². The molecule has 106 valence electrons. The molecule has 1 saturated heterocycles. The zero-order valence-electron chi connectivity index (χ0n) is 11.5. The lowest BCUT2D eigenvalue weighted by atomic mass is 10.1. The summed E-state index contributed by atoms with van der Waals surface area (Å²) < 4.78 is 21.2. The van der Waals surface area contributed by atoms with Crippen LogP contribution in [0.3, 0.4) is 0 Å². The minimum absolute atomic E-state index is 0.219. The predicted molar refractivity (Wildman–Crippen MR) is 71.0 cm³/mol. The van der Waals surface area contributed by atoms with Crippen LogP contribution in [0.15, 0.2) is 22.7 Å². The highest BCUT2D eigenvalue weighted by Gasteiger charge is 2.24. The van der Waals surface area contributed by atoms with Gasteiger partial charge in [-0.25, -0.2) is 0 Å². The molecule has 1 aromatic carbocycles. The standard InChI is InChI=1S/C14H16N2O4/c1-17-10-3-4-11(12(7-10)18-2)14-15-13(16-20-14)9-5-6-19-8-9/h3-4,7,9H,5-6,8H2,1-2H3/t9-/m1/s1. The van der Waals surface area contributed by atoms with Crippen LogP contribution in [0.25, 0.3) is 11.5 Å². The van der Waals surface area contributed by atoms with Crippen molar-refractivity contribution in [2.75, 3.05) is 27.4 Å². The Labute approximate surface area is 116 Å². The topological polar surface area (TPSA) is 66.6 Å². The van der Waals surface area contributed by atoms with Crippen LogP contribution >= 0.6 is 0 Å². The van der Waals surface area contributed by atoms with Crippen molar-refractivity contribution in [2.24, 2.45) is 0 Å². The smallest absolute Gasteiger partial charge is 0.261 e. The molecule has 6 heteroatoms. The highest BCUT2D eigenvalue weighted by molar-refractivity contribution is 5.64. The van der Waals surface area contributed by atoms with Crippen molar-refractivity contribution >= 4 is 0 Å². The van der Waals surface area contributed by atoms with Gasteiger partial charge in [-0.15, -0.1) is 0 Å². The molecule has 2 aromatic rings. The molecule has 1 fully saturated rings. The average molecular weight is 276 g/mol. The molecular weight excluding hydrogens is 260 g/mol. The van der Waals surface area contributed by atoms with E-state index in [1.54, 1.807) is 20.3 Å². The van der Waals surface area contributed by atoms with Crippen LogP contribution in [0, 0.1) is 0 Å². The summed E-state index contributed by atoms with van der Waals surface area (Å²) in [6, 6.07) is 5.47. The van der Waals surface area contributed by atoms with Gasteiger partial charge in [0, 0.05) is 18.6 Å². The van der Waals surface area contributed by atoms with Gasteiger partial charge in [0.1, 0.15) is 11.5 Å². The molecule has 20 heavy (non-hydrogen) atoms. The maximum absolute atomic E-state index is 5.34. The first-order chi connectivity index (χ1) is 9.81. The van der Waals surface area contributed by atoms with Gasteiger partial charge in [-0.2, -0.15) is 4.98 Å². The van der Waals surface area contributed by atoms with E-state index in [9.17, 15) is 0 Å². The highest BCUT2D eigenvalue weighted by Crippen LogP contribution is 2.33. The Hall–Kier alpha value is -2.08. The molecular formula is C14H16N2O4. The van der Waals surface area contributed by atoms with Crippen LogP contribution in [-0.4, -0.2) is 37.6 Å². The van der Waals surface area contributed by atoms with E-state index in [1.807, 2.05) is 12.1 Å². The summed E-state index contributed by atoms with van der Waals surface area (Å²) in [5.41, 5.74) is 0.756. The van der Waals surface area contributed by atoms with Crippen LogP contribution in [-0.2, 0) is 4.74 Å². The Kier molecular flexibility index (Phi) is 3.56. The molecule has 0 saturated carbocycles. The molecule has 0 bridgehead atoms. The van der Waals surface area contributed by atoms with E-state index in [4.69, 9.17) is 18.7 Å². The lowest BCUT2D eigenvalue weighted by Crippen LogP contribution is -1.99. The number of methoxy groups -OCH3 is 2. The highest BCUT2D eigenvalue weighted by atomic mass is 16.5. The van der Waals surface area contributed by atoms with Crippen LogP contribution in [0.1, 0.15) is 18.2 Å². The van der Waals surface area contributed by atoms with E-state index in [-0.39, 0.29) is 5.92 Å². The van der Waals surface area contributed by atoms with Crippen molar-refractivity contribution in [1.82, 2.24) is 10.1 Å². The number of aromatic nitrogens is 2. The Morgan fingerprint density at radius 2 is 2.15 bits per heavy atom. The van der Waals surface area contributed by atoms with Gasteiger partial charge in [-0.3, -0.25) is 0 Å². The summed E-state index contributed by atoms with van der Waals surface area (Å²) in [6.45, 7) is 1.40. The molecule has 2 heterocycles. The molecule has 0 radical (unpaired) electrons. The van der Waals surface area contributed by atoms with E-state index >= 15 is 0 Å². The Morgan fingerprint density at radius 3 is 2.85 bits per heavy atom. The Balaban J connectivity index is 1.92. The van der Waals surface area contributed by atoms with E-state index in [2.05, 4.69) is 10.1 Å². The number of nitrogens with zero attached hydrogens (tertiary/aromatic N) is 2. The fourth-order valence-electron chi connectivity index (χ4n) is 2.22. The normalized spacial score (nSPS) is 18.2. The predicted octanol–water partition coefficient (Wildman–Crippen LogP) is 2.26. The molecule has 0 unspecified atom stereocenters. The fourth-order valence-corrected chi connectivity index (χ4v) is 2.22. The number of benzene rings is 1. The molecule has 0 amide bonds. The van der Waals surface area contributed by atoms with Gasteiger partial charge in [-0.1, -0.05) is 5.16 Å². The molecule has 1 aliphatic rings. The van der Waals surface area contributed by atoms with Gasteiger partial charge >= 0.3 is 0 Å². The van der Waals surface area contributed by atoms with Gasteiger partial charge in [0.2, 0.25) is 0 Å². The molecule has 0 N–H and O–H groups in total. The van der Waals surface area contributed by atoms with Crippen LogP contribution in [0.4, 0.5) is 0 Å². The first kappa shape index (κ1) is 12.9. The lowest BCUT2D eigenvalue weighted by molar-refractivity contribution is 0.192. The van der Waals surface area contributed by atoms with Gasteiger partial charge in [0.25, 0.3) is 5.89 Å². The summed E-state index contributed by atoms with van der Waals surface area (Å²) >= 11 is 0. The van der Waals surface area contributed by atoms with E-state index < -0.39 is 0 Å². The third-order valence-corrected chi connectivity index (χ3v) is 3.38. The first-order valence-corrected chi connectivity index (χ1v) is 6.45. The van der Waals surface area contributed by atoms with Gasteiger partial charge in [0.15, 0.2) is 5.82 Å². The van der Waals surface area contributed by atoms with Crippen molar-refractivity contribution in [3.63, 3.8) is 0 Å². The fraction of sp³-hybridized carbons (Fsp3) is 0.429. The van der Waals surface area contributed by atoms with Crippen LogP contribution in [0.5, 0.6) is 11.5 Å². The molecule has 3 rings (SSSR count). The van der Waals surface area contributed by atoms with Crippen molar-refractivity contribution < 1.29 is 18.7 Å². The minimum atomic E-state index is 0.219. The van der Waals surface area contributed by atoms with E-state index in [0.29, 0.717) is 24.1 Å². The Morgan fingerprint density at radius 1 is 1.25 bits per heavy atom. The summed E-state index contributed by atoms with van der Waals surface area (Å²) in [7, 11) is 3.21. The molecule has 6 nitrogen and oxygen atoms in total. The molecule has 1 atom stereocenters. The zero-order chi connectivity index (χ0) is 13.9. The molecule has 0 spiro atoms. The van der Waals surface area contributed by atoms with Crippen molar-refractivity contribution in [3.05, 3.63) is 24.0 Å². The van der Waals surface area contributed by atoms with Gasteiger partial charge < -0.3 is 18.7 Å². The Bertz CT molecular complexity index is 591. The number of rotatable bonds is 4. The van der Waals surface area contributed by atoms with E-state index in [1.165, 1.54) is 0 Å². The minimum Gasteiger partial charge on any atom is -0.497 e. The summed E-state index contributed by atoms with van der Waals surface area (Å²) in [4.78, 5) is 4.45. The number of ether oxygens (including phenoxy) is 3. The zero-order valence-corrected chi connectivity index (χ0v) is 11.5. The molecule has 0 aliphatic carbocycles. The van der Waals surface area contributed by atoms with Gasteiger partial charge in [-0.05, 0) is 18.6 Å². The number of hydrogen-bond acceptors (Lipinski definition) is 6. The summed E-state index contributed by atoms with van der Waals surface area (Å²) in [6.07, 6.45) is 0.929. The largest absolute Gasteiger partial charge is 0.497 e. The van der Waals surface area contributed by atoms with Crippen LogP contribution < -0.4 is 9.47 Å². The van der Waals surface area contributed by atoms with Crippen molar-refractivity contribution in [1.29, 1.82) is 0 Å². The maximum atomic E-state index is 5.34. The maximum Gasteiger partial charge on any atom is 0.261 e. The monoisotopic (exact) mass is 276 g/mol. The van der Waals surface area contributed by atoms with Gasteiger partial charge in [0.05, 0.1) is 26.4 Å². The van der Waals surface area contributed by atoms with Crippen molar-refractivity contribution in [2.45, 2.75) is 12.3 Å². The second-order valence-corrected chi connectivity index (χ2v) is 4.58. The lowest BCUT2D eigenvalue weighted by Gasteiger charge is -2.07. The third-order valence-electron chi connectivity index (χ3n) is 3.38. The first-order valence-electron chi connectivity index (χ1n) is 6.45. The SMILES string of the molecule is COc1ccc(-c2nc([C@@H]3CCOC3)no2)c(OC)c1. The van der Waals surface area contributed by atoms with E-state index in [0.717, 1.165) is 24.3 Å². The molecule has 1 aliphatic heterocycles. The average Bonchev–Trinajstić information content (AvgIpc) is 3.17. The second-order valence-electron chi connectivity index (χ2n) is 4.58. The van der Waals surface area contributed by atoms with Crippen LogP contribution in [0.2, 0.25) is 0 Å². The molecule has 1 aromatic heterocycles.